The van der Waals surface area contributed by atoms with Gasteiger partial charge in [0.25, 0.3) is 5.91 Å². The number of amides is 1. The second kappa shape index (κ2) is 10.3. The van der Waals surface area contributed by atoms with Crippen LogP contribution in [0.1, 0.15) is 51.9 Å². The van der Waals surface area contributed by atoms with Crippen molar-refractivity contribution >= 4 is 34.4 Å². The number of hydrogen-bond acceptors (Lipinski definition) is 6. The molecule has 3 aromatic heterocycles. The Balaban J connectivity index is 1.42. The minimum absolute atomic E-state index is 0.0120. The molecule has 6 rings (SSSR count). The van der Waals surface area contributed by atoms with Crippen molar-refractivity contribution in [1.82, 2.24) is 9.88 Å². The molecule has 0 fully saturated rings. The molecule has 0 radical (unpaired) electrons. The molecule has 0 aliphatic carbocycles. The lowest BCUT2D eigenvalue weighted by atomic mass is 9.95. The number of furan rings is 2. The summed E-state index contributed by atoms with van der Waals surface area (Å²) >= 11 is 6.05. The molecule has 1 atom stereocenters. The van der Waals surface area contributed by atoms with Crippen LogP contribution in [-0.2, 0) is 22.6 Å². The molecule has 9 heteroatoms. The second-order valence-electron chi connectivity index (χ2n) is 9.75. The molecule has 1 aliphatic rings. The van der Waals surface area contributed by atoms with Gasteiger partial charge in [0.2, 0.25) is 0 Å². The van der Waals surface area contributed by atoms with Crippen molar-refractivity contribution in [2.24, 2.45) is 0 Å². The zero-order chi connectivity index (χ0) is 28.0. The fourth-order valence-electron chi connectivity index (χ4n) is 5.31. The summed E-state index contributed by atoms with van der Waals surface area (Å²) in [5, 5.41) is 1.67. The number of rotatable bonds is 6. The number of nitrogens with one attached hydrogen (secondary N) is 1. The summed E-state index contributed by atoms with van der Waals surface area (Å²) in [6.45, 7) is 3.61. The summed E-state index contributed by atoms with van der Waals surface area (Å²) in [5.74, 6) is 2.36. The number of ether oxygens (including phenoxy) is 2. The first-order chi connectivity index (χ1) is 19.3. The van der Waals surface area contributed by atoms with Crippen LogP contribution in [0.25, 0.3) is 22.2 Å². The van der Waals surface area contributed by atoms with Gasteiger partial charge in [-0.05, 0) is 79.6 Å². The molecule has 0 bridgehead atoms. The van der Waals surface area contributed by atoms with E-state index in [1.165, 1.54) is 6.92 Å². The van der Waals surface area contributed by atoms with Crippen LogP contribution >= 0.6 is 11.6 Å². The molecule has 8 nitrogen and oxygen atoms in total. The van der Waals surface area contributed by atoms with Crippen LogP contribution < -0.4 is 4.74 Å². The maximum atomic E-state index is 14.2. The number of methoxy groups -OCH3 is 1. The van der Waals surface area contributed by atoms with Crippen molar-refractivity contribution in [1.29, 1.82) is 0 Å². The van der Waals surface area contributed by atoms with Crippen LogP contribution in [-0.4, -0.2) is 35.4 Å². The summed E-state index contributed by atoms with van der Waals surface area (Å²) in [6.07, 6.45) is 0.646. The molecule has 1 amide bonds. The molecular weight excluding hydrogens is 532 g/mol. The monoisotopic (exact) mass is 558 g/mol. The maximum absolute atomic E-state index is 14.2. The maximum Gasteiger partial charge on any atom is 0.303 e. The van der Waals surface area contributed by atoms with E-state index in [1.54, 1.807) is 43.2 Å². The predicted molar refractivity (Wildman–Crippen MR) is 150 cm³/mol. The smallest absolute Gasteiger partial charge is 0.303 e. The first kappa shape index (κ1) is 25.8. The summed E-state index contributed by atoms with van der Waals surface area (Å²) in [6, 6.07) is 18.0. The first-order valence-electron chi connectivity index (χ1n) is 12.9. The molecule has 40 heavy (non-hydrogen) atoms. The number of nitrogens with zero attached hydrogens (tertiary/aromatic N) is 1. The lowest BCUT2D eigenvalue weighted by molar-refractivity contribution is -0.142. The third-order valence-electron chi connectivity index (χ3n) is 7.24. The highest BCUT2D eigenvalue weighted by molar-refractivity contribution is 6.30. The Bertz CT molecular complexity index is 1730. The third-order valence-corrected chi connectivity index (χ3v) is 7.49. The van der Waals surface area contributed by atoms with Crippen LogP contribution in [0.4, 0.5) is 0 Å². The highest BCUT2D eigenvalue weighted by Gasteiger charge is 2.38. The molecule has 1 unspecified atom stereocenters. The van der Waals surface area contributed by atoms with E-state index in [4.69, 9.17) is 29.9 Å². The molecule has 204 valence electrons. The van der Waals surface area contributed by atoms with Crippen LogP contribution in [0.15, 0.2) is 69.5 Å². The number of halogens is 1. The zero-order valence-electron chi connectivity index (χ0n) is 22.2. The highest BCUT2D eigenvalue weighted by Crippen LogP contribution is 2.41. The molecule has 0 spiro atoms. The predicted octanol–water partition coefficient (Wildman–Crippen LogP) is 6.84. The standard InChI is InChI=1S/C31H27ClN2O6/c1-17-24(15-28(39-17)19-4-6-20(32)7-5-19)31(36)34-13-12-23-25-14-21(37-3)8-10-26(25)33-29(23)30(34)27-11-9-22(40-27)16-38-18(2)35/h4-11,14-15,30,33H,12-13,16H2,1-3H3. The Morgan fingerprint density at radius 2 is 1.88 bits per heavy atom. The Kier molecular flexibility index (Phi) is 6.64. The summed E-state index contributed by atoms with van der Waals surface area (Å²) < 4.78 is 22.8. The second-order valence-corrected chi connectivity index (χ2v) is 10.2. The molecule has 1 N–H and O–H groups in total. The summed E-state index contributed by atoms with van der Waals surface area (Å²) in [4.78, 5) is 30.8. The zero-order valence-corrected chi connectivity index (χ0v) is 23.0. The van der Waals surface area contributed by atoms with Crippen molar-refractivity contribution in [2.45, 2.75) is 32.9 Å². The highest BCUT2D eigenvalue weighted by atomic mass is 35.5. The van der Waals surface area contributed by atoms with Crippen molar-refractivity contribution in [3.8, 4) is 17.1 Å². The van der Waals surface area contributed by atoms with E-state index >= 15 is 0 Å². The quantitative estimate of drug-likeness (QED) is 0.229. The fourth-order valence-corrected chi connectivity index (χ4v) is 5.43. The number of carbonyl (C=O) groups is 2. The van der Waals surface area contributed by atoms with E-state index in [9.17, 15) is 9.59 Å². The molecule has 1 aliphatic heterocycles. The number of benzene rings is 2. The van der Waals surface area contributed by atoms with E-state index in [-0.39, 0.29) is 12.5 Å². The minimum atomic E-state index is -0.533. The topological polar surface area (TPSA) is 97.9 Å². The normalized spacial score (nSPS) is 14.8. The van der Waals surface area contributed by atoms with Crippen LogP contribution in [0.5, 0.6) is 5.75 Å². The Morgan fingerprint density at radius 1 is 1.07 bits per heavy atom. The van der Waals surface area contributed by atoms with E-state index in [0.29, 0.717) is 46.6 Å². The van der Waals surface area contributed by atoms with Crippen molar-refractivity contribution in [3.05, 3.63) is 99.8 Å². The van der Waals surface area contributed by atoms with E-state index in [2.05, 4.69) is 4.98 Å². The van der Waals surface area contributed by atoms with Crippen molar-refractivity contribution < 1.29 is 27.9 Å². The van der Waals surface area contributed by atoms with Gasteiger partial charge < -0.3 is 28.2 Å². The van der Waals surface area contributed by atoms with Crippen LogP contribution in [0.2, 0.25) is 5.02 Å². The Labute approximate surface area is 235 Å². The molecule has 0 saturated heterocycles. The van der Waals surface area contributed by atoms with Gasteiger partial charge in [-0.2, -0.15) is 0 Å². The van der Waals surface area contributed by atoms with Gasteiger partial charge in [0, 0.05) is 35.0 Å². The van der Waals surface area contributed by atoms with Gasteiger partial charge in [-0.25, -0.2) is 0 Å². The number of fused-ring (bicyclic) bond motifs is 3. The molecule has 2 aromatic carbocycles. The van der Waals surface area contributed by atoms with Gasteiger partial charge >= 0.3 is 5.97 Å². The summed E-state index contributed by atoms with van der Waals surface area (Å²) in [7, 11) is 1.64. The fraction of sp³-hybridized carbons (Fsp3) is 0.226. The number of aromatic amines is 1. The number of H-pyrrole nitrogens is 1. The van der Waals surface area contributed by atoms with Gasteiger partial charge in [-0.15, -0.1) is 0 Å². The van der Waals surface area contributed by atoms with Crippen LogP contribution in [0.3, 0.4) is 0 Å². The number of carbonyl (C=O) groups excluding carboxylic acids is 2. The van der Waals surface area contributed by atoms with Gasteiger partial charge in [-0.3, -0.25) is 9.59 Å². The average molecular weight is 559 g/mol. The summed E-state index contributed by atoms with van der Waals surface area (Å²) in [5.41, 5.74) is 4.22. The number of esters is 1. The molecule has 5 aromatic rings. The van der Waals surface area contributed by atoms with E-state index in [1.807, 2.05) is 36.4 Å². The third kappa shape index (κ3) is 4.64. The number of aromatic nitrogens is 1. The molecular formula is C31H27ClN2O6. The Hall–Kier alpha value is -4.43. The molecule has 4 heterocycles. The lowest BCUT2D eigenvalue weighted by Gasteiger charge is -2.34. The molecule has 0 saturated carbocycles. The largest absolute Gasteiger partial charge is 0.497 e. The SMILES string of the molecule is COc1ccc2[nH]c3c(c2c1)CCN(C(=O)c1cc(-c2ccc(Cl)cc2)oc1C)C3c1ccc(COC(C)=O)o1. The van der Waals surface area contributed by atoms with Crippen molar-refractivity contribution in [2.75, 3.05) is 13.7 Å². The number of aryl methyl sites for hydroxylation is 1. The van der Waals surface area contributed by atoms with E-state index in [0.717, 1.165) is 33.5 Å². The van der Waals surface area contributed by atoms with Crippen molar-refractivity contribution in [3.63, 3.8) is 0 Å². The first-order valence-corrected chi connectivity index (χ1v) is 13.3. The van der Waals surface area contributed by atoms with Gasteiger partial charge in [0.05, 0.1) is 18.4 Å². The number of hydrogen-bond donors (Lipinski definition) is 1. The van der Waals surface area contributed by atoms with Gasteiger partial charge in [0.15, 0.2) is 0 Å². The minimum Gasteiger partial charge on any atom is -0.497 e. The van der Waals surface area contributed by atoms with Gasteiger partial charge in [-0.1, -0.05) is 11.6 Å². The Morgan fingerprint density at radius 3 is 2.62 bits per heavy atom. The van der Waals surface area contributed by atoms with E-state index < -0.39 is 12.0 Å². The van der Waals surface area contributed by atoms with Gasteiger partial charge in [0.1, 0.15) is 41.4 Å². The lowest BCUT2D eigenvalue weighted by Crippen LogP contribution is -2.40. The van der Waals surface area contributed by atoms with Crippen LogP contribution in [0, 0.1) is 6.92 Å². The average Bonchev–Trinajstić information content (AvgIpc) is 3.67.